The summed E-state index contributed by atoms with van der Waals surface area (Å²) < 4.78 is 0. The molecule has 0 saturated carbocycles. The lowest BCUT2D eigenvalue weighted by Gasteiger charge is -2.16. The van der Waals surface area contributed by atoms with E-state index in [1.54, 1.807) is 0 Å². The molecule has 0 saturated heterocycles. The fourth-order valence-corrected chi connectivity index (χ4v) is 2.92. The Morgan fingerprint density at radius 1 is 0.913 bits per heavy atom. The number of hydrogen-bond donors (Lipinski definition) is 1. The van der Waals surface area contributed by atoms with Gasteiger partial charge in [0.25, 0.3) is 0 Å². The van der Waals surface area contributed by atoms with E-state index in [0.717, 1.165) is 16.8 Å². The fraction of sp³-hybridized carbons (Fsp3) is 0.143. The maximum Gasteiger partial charge on any atom is 0.0423 e. The molecule has 1 N–H and O–H groups in total. The topological polar surface area (TPSA) is 15.3 Å². The van der Waals surface area contributed by atoms with Gasteiger partial charge in [-0.1, -0.05) is 49.0 Å². The van der Waals surface area contributed by atoms with Crippen molar-refractivity contribution in [1.82, 2.24) is 0 Å². The minimum Gasteiger partial charge on any atom is -0.388 e. The molecule has 0 aromatic heterocycles. The van der Waals surface area contributed by atoms with Crippen LogP contribution in [0.2, 0.25) is 0 Å². The van der Waals surface area contributed by atoms with E-state index >= 15 is 0 Å². The van der Waals surface area contributed by atoms with Gasteiger partial charge in [-0.15, -0.1) is 0 Å². The van der Waals surface area contributed by atoms with Gasteiger partial charge in [-0.25, -0.2) is 0 Å². The molecule has 0 amide bonds. The van der Waals surface area contributed by atoms with Gasteiger partial charge in [0.1, 0.15) is 0 Å². The molecule has 116 valence electrons. The molecule has 3 aromatic rings. The Kier molecular flexibility index (Phi) is 4.07. The molecule has 0 bridgehead atoms. The zero-order valence-electron chi connectivity index (χ0n) is 13.9. The molecule has 0 unspecified atom stereocenters. The Labute approximate surface area is 138 Å². The Bertz CT molecular complexity index is 840. The quantitative estimate of drug-likeness (QED) is 0.729. The van der Waals surface area contributed by atoms with E-state index in [4.69, 9.17) is 0 Å². The molecular formula is C21H22N2. The van der Waals surface area contributed by atoms with E-state index in [9.17, 15) is 0 Å². The van der Waals surface area contributed by atoms with E-state index in [-0.39, 0.29) is 0 Å². The first-order valence-corrected chi connectivity index (χ1v) is 7.78. The zero-order chi connectivity index (χ0) is 16.4. The fourth-order valence-electron chi connectivity index (χ4n) is 2.92. The van der Waals surface area contributed by atoms with E-state index in [2.05, 4.69) is 77.5 Å². The third kappa shape index (κ3) is 2.80. The molecule has 2 nitrogen and oxygen atoms in total. The van der Waals surface area contributed by atoms with Crippen LogP contribution in [-0.2, 0) is 0 Å². The number of rotatable bonds is 4. The number of hydrogen-bond acceptors (Lipinski definition) is 2. The van der Waals surface area contributed by atoms with Crippen molar-refractivity contribution in [2.75, 3.05) is 31.4 Å². The summed E-state index contributed by atoms with van der Waals surface area (Å²) in [6.45, 7) is 4.35. The van der Waals surface area contributed by atoms with Crippen LogP contribution in [0.5, 0.6) is 0 Å². The SMILES string of the molecule is C=C(c1ccc(N(C)C)cc1)c1cccc2cccc(NC)c12. The lowest BCUT2D eigenvalue weighted by molar-refractivity contribution is 1.13. The minimum atomic E-state index is 1.05. The van der Waals surface area contributed by atoms with Crippen LogP contribution in [0.25, 0.3) is 16.3 Å². The lowest BCUT2D eigenvalue weighted by atomic mass is 9.93. The molecule has 0 fully saturated rings. The van der Waals surface area contributed by atoms with Crippen molar-refractivity contribution in [3.8, 4) is 0 Å². The molecule has 0 spiro atoms. The van der Waals surface area contributed by atoms with E-state index in [0.29, 0.717) is 0 Å². The first kappa shape index (κ1) is 15.2. The van der Waals surface area contributed by atoms with Crippen LogP contribution < -0.4 is 10.2 Å². The highest BCUT2D eigenvalue weighted by Gasteiger charge is 2.10. The summed E-state index contributed by atoms with van der Waals surface area (Å²) in [5.41, 5.74) is 5.68. The van der Waals surface area contributed by atoms with E-state index in [1.807, 2.05) is 21.1 Å². The van der Waals surface area contributed by atoms with Crippen molar-refractivity contribution in [2.45, 2.75) is 0 Å². The largest absolute Gasteiger partial charge is 0.388 e. The van der Waals surface area contributed by atoms with Crippen LogP contribution in [0.3, 0.4) is 0 Å². The van der Waals surface area contributed by atoms with Crippen molar-refractivity contribution < 1.29 is 0 Å². The molecule has 3 aromatic carbocycles. The smallest absolute Gasteiger partial charge is 0.0423 e. The second-order valence-electron chi connectivity index (χ2n) is 5.88. The first-order chi connectivity index (χ1) is 11.1. The van der Waals surface area contributed by atoms with Crippen molar-refractivity contribution in [2.24, 2.45) is 0 Å². The van der Waals surface area contributed by atoms with Crippen molar-refractivity contribution in [3.05, 3.63) is 78.4 Å². The van der Waals surface area contributed by atoms with Gasteiger partial charge in [-0.2, -0.15) is 0 Å². The summed E-state index contributed by atoms with van der Waals surface area (Å²) in [6, 6.07) is 21.2. The summed E-state index contributed by atoms with van der Waals surface area (Å²) in [5, 5.41) is 5.74. The van der Waals surface area contributed by atoms with Gasteiger partial charge in [0.15, 0.2) is 0 Å². The van der Waals surface area contributed by atoms with Gasteiger partial charge in [-0.05, 0) is 40.3 Å². The van der Waals surface area contributed by atoms with E-state index in [1.165, 1.54) is 22.0 Å². The van der Waals surface area contributed by atoms with E-state index < -0.39 is 0 Å². The second kappa shape index (κ2) is 6.17. The highest BCUT2D eigenvalue weighted by Crippen LogP contribution is 2.33. The Morgan fingerprint density at radius 2 is 1.57 bits per heavy atom. The monoisotopic (exact) mass is 302 g/mol. The van der Waals surface area contributed by atoms with Crippen molar-refractivity contribution >= 4 is 27.7 Å². The second-order valence-corrected chi connectivity index (χ2v) is 5.88. The highest BCUT2D eigenvalue weighted by atomic mass is 15.1. The zero-order valence-corrected chi connectivity index (χ0v) is 13.9. The van der Waals surface area contributed by atoms with Crippen LogP contribution in [-0.4, -0.2) is 21.1 Å². The maximum atomic E-state index is 4.35. The molecule has 2 heteroatoms. The summed E-state index contributed by atoms with van der Waals surface area (Å²) in [7, 11) is 6.06. The van der Waals surface area contributed by atoms with Crippen LogP contribution in [0.1, 0.15) is 11.1 Å². The number of benzene rings is 3. The molecule has 0 aliphatic carbocycles. The predicted molar refractivity (Wildman–Crippen MR) is 102 cm³/mol. The Hall–Kier alpha value is -2.74. The van der Waals surface area contributed by atoms with Gasteiger partial charge in [0.05, 0.1) is 0 Å². The first-order valence-electron chi connectivity index (χ1n) is 7.78. The molecule has 3 rings (SSSR count). The molecule has 0 atom stereocenters. The molecule has 0 aliphatic rings. The normalized spacial score (nSPS) is 10.6. The molecule has 23 heavy (non-hydrogen) atoms. The summed E-state index contributed by atoms with van der Waals surface area (Å²) in [5.74, 6) is 0. The molecule has 0 aliphatic heterocycles. The van der Waals surface area contributed by atoms with Crippen LogP contribution in [0, 0.1) is 0 Å². The lowest BCUT2D eigenvalue weighted by Crippen LogP contribution is -2.08. The number of nitrogens with one attached hydrogen (secondary N) is 1. The predicted octanol–water partition coefficient (Wildman–Crippen LogP) is 5.01. The highest BCUT2D eigenvalue weighted by molar-refractivity contribution is 6.04. The average Bonchev–Trinajstić information content (AvgIpc) is 2.60. The number of fused-ring (bicyclic) bond motifs is 1. The van der Waals surface area contributed by atoms with Gasteiger partial charge in [0.2, 0.25) is 0 Å². The Morgan fingerprint density at radius 3 is 2.17 bits per heavy atom. The third-order valence-corrected chi connectivity index (χ3v) is 4.23. The molecular weight excluding hydrogens is 280 g/mol. The minimum absolute atomic E-state index is 1.05. The average molecular weight is 302 g/mol. The van der Waals surface area contributed by atoms with Gasteiger partial charge in [-0.3, -0.25) is 0 Å². The van der Waals surface area contributed by atoms with Crippen LogP contribution in [0.4, 0.5) is 11.4 Å². The summed E-state index contributed by atoms with van der Waals surface area (Å²) in [6.07, 6.45) is 0. The molecule has 0 radical (unpaired) electrons. The summed E-state index contributed by atoms with van der Waals surface area (Å²) in [4.78, 5) is 2.10. The van der Waals surface area contributed by atoms with Gasteiger partial charge in [0, 0.05) is 37.9 Å². The molecule has 0 heterocycles. The number of nitrogens with zero attached hydrogens (tertiary/aromatic N) is 1. The van der Waals surface area contributed by atoms with Crippen LogP contribution in [0.15, 0.2) is 67.2 Å². The van der Waals surface area contributed by atoms with Crippen LogP contribution >= 0.6 is 0 Å². The summed E-state index contributed by atoms with van der Waals surface area (Å²) >= 11 is 0. The number of anilines is 2. The van der Waals surface area contributed by atoms with Gasteiger partial charge >= 0.3 is 0 Å². The maximum absolute atomic E-state index is 4.35. The van der Waals surface area contributed by atoms with Crippen molar-refractivity contribution in [1.29, 1.82) is 0 Å². The standard InChI is InChI=1S/C21H22N2/c1-15(16-11-13-18(14-12-16)23(3)4)19-9-5-7-17-8-6-10-20(22-2)21(17)19/h5-14,22H,1H2,2-4H3. The Balaban J connectivity index is 2.11. The van der Waals surface area contributed by atoms with Gasteiger partial charge < -0.3 is 10.2 Å². The van der Waals surface area contributed by atoms with Crippen molar-refractivity contribution in [3.63, 3.8) is 0 Å². The third-order valence-electron chi connectivity index (χ3n) is 4.23.